The minimum absolute atomic E-state index is 0.00340. The molecule has 0 spiro atoms. The Morgan fingerprint density at radius 2 is 1.95 bits per heavy atom. The Balaban J connectivity index is 2.02. The van der Waals surface area contributed by atoms with Gasteiger partial charge in [0.15, 0.2) is 0 Å². The summed E-state index contributed by atoms with van der Waals surface area (Å²) in [6.07, 6.45) is 2.01. The lowest BCUT2D eigenvalue weighted by Crippen LogP contribution is -2.35. The zero-order chi connectivity index (χ0) is 14.1. The molecule has 1 aliphatic heterocycles. The maximum absolute atomic E-state index is 12.8. The number of benzene rings is 2. The summed E-state index contributed by atoms with van der Waals surface area (Å²) in [5.41, 5.74) is 9.30. The normalized spacial score (nSPS) is 13.9. The highest BCUT2D eigenvalue weighted by Crippen LogP contribution is 2.31. The third-order valence-electron chi connectivity index (χ3n) is 3.61. The van der Waals surface area contributed by atoms with E-state index in [1.54, 1.807) is 12.1 Å². The number of nitrogens with zero attached hydrogens (tertiary/aromatic N) is 1. The zero-order valence-electron chi connectivity index (χ0n) is 11.0. The number of fused-ring (bicyclic) bond motifs is 1. The highest BCUT2D eigenvalue weighted by atomic mass is 79.9. The van der Waals surface area contributed by atoms with Crippen LogP contribution in [0.4, 0.5) is 11.4 Å². The van der Waals surface area contributed by atoms with Gasteiger partial charge in [-0.05, 0) is 52.5 Å². The van der Waals surface area contributed by atoms with E-state index in [-0.39, 0.29) is 5.91 Å². The van der Waals surface area contributed by atoms with Gasteiger partial charge < -0.3 is 10.6 Å². The molecule has 1 amide bonds. The van der Waals surface area contributed by atoms with Gasteiger partial charge >= 0.3 is 0 Å². The zero-order valence-corrected chi connectivity index (χ0v) is 12.6. The molecule has 20 heavy (non-hydrogen) atoms. The van der Waals surface area contributed by atoms with Gasteiger partial charge in [-0.15, -0.1) is 0 Å². The van der Waals surface area contributed by atoms with Gasteiger partial charge in [-0.2, -0.15) is 0 Å². The van der Waals surface area contributed by atoms with Gasteiger partial charge in [0.25, 0.3) is 5.91 Å². The van der Waals surface area contributed by atoms with E-state index in [0.29, 0.717) is 15.7 Å². The fourth-order valence-corrected chi connectivity index (χ4v) is 3.04. The molecule has 0 radical (unpaired) electrons. The fraction of sp³-hybridized carbons (Fsp3) is 0.188. The van der Waals surface area contributed by atoms with Crippen molar-refractivity contribution >= 4 is 33.2 Å². The molecule has 0 fully saturated rings. The first kappa shape index (κ1) is 13.2. The summed E-state index contributed by atoms with van der Waals surface area (Å²) in [7, 11) is 0. The molecule has 1 heterocycles. The van der Waals surface area contributed by atoms with E-state index in [4.69, 9.17) is 5.73 Å². The average molecular weight is 331 g/mol. The lowest BCUT2D eigenvalue weighted by atomic mass is 10.0. The molecule has 0 saturated heterocycles. The fourth-order valence-electron chi connectivity index (χ4n) is 2.60. The van der Waals surface area contributed by atoms with Gasteiger partial charge in [0.1, 0.15) is 0 Å². The molecule has 0 atom stereocenters. The van der Waals surface area contributed by atoms with Gasteiger partial charge in [-0.3, -0.25) is 4.79 Å². The Hall–Kier alpha value is -1.81. The summed E-state index contributed by atoms with van der Waals surface area (Å²) in [6, 6.07) is 13.5. The Morgan fingerprint density at radius 3 is 2.80 bits per heavy atom. The smallest absolute Gasteiger partial charge is 0.259 e. The molecule has 3 nitrogen and oxygen atoms in total. The van der Waals surface area contributed by atoms with E-state index >= 15 is 0 Å². The van der Waals surface area contributed by atoms with Crippen molar-refractivity contribution in [2.24, 2.45) is 0 Å². The summed E-state index contributed by atoms with van der Waals surface area (Å²) < 4.78 is 0.674. The standard InChI is InChI=1S/C16H15BrN2O/c17-15-12(7-3-8-13(15)18)16(20)19-10-4-6-11-5-1-2-9-14(11)19/h1-3,5,7-9H,4,6,10,18H2. The number of aryl methyl sites for hydroxylation is 1. The Bertz CT molecular complexity index is 669. The third kappa shape index (κ3) is 2.20. The number of carbonyl (C=O) groups excluding carboxylic acids is 1. The molecule has 0 unspecified atom stereocenters. The highest BCUT2D eigenvalue weighted by molar-refractivity contribution is 9.10. The van der Waals surface area contributed by atoms with Gasteiger partial charge in [0.2, 0.25) is 0 Å². The SMILES string of the molecule is Nc1cccc(C(=O)N2CCCc3ccccc32)c1Br. The largest absolute Gasteiger partial charge is 0.398 e. The molecule has 0 bridgehead atoms. The van der Waals surface area contributed by atoms with Crippen LogP contribution in [-0.2, 0) is 6.42 Å². The predicted octanol–water partition coefficient (Wildman–Crippen LogP) is 3.62. The number of hydrogen-bond acceptors (Lipinski definition) is 2. The molecular formula is C16H15BrN2O. The van der Waals surface area contributed by atoms with Crippen molar-refractivity contribution < 1.29 is 4.79 Å². The van der Waals surface area contributed by atoms with Crippen LogP contribution in [0.1, 0.15) is 22.3 Å². The van der Waals surface area contributed by atoms with Crippen LogP contribution in [0.5, 0.6) is 0 Å². The van der Waals surface area contributed by atoms with Crippen LogP contribution < -0.4 is 10.6 Å². The number of anilines is 2. The van der Waals surface area contributed by atoms with Crippen molar-refractivity contribution in [3.8, 4) is 0 Å². The van der Waals surface area contributed by atoms with Crippen LogP contribution in [0.2, 0.25) is 0 Å². The molecule has 0 saturated carbocycles. The first-order chi connectivity index (χ1) is 9.68. The van der Waals surface area contributed by atoms with Crippen LogP contribution >= 0.6 is 15.9 Å². The van der Waals surface area contributed by atoms with Crippen LogP contribution in [0.25, 0.3) is 0 Å². The molecule has 0 aliphatic carbocycles. The molecule has 2 aromatic rings. The van der Waals surface area contributed by atoms with E-state index in [1.807, 2.05) is 29.2 Å². The second-order valence-electron chi connectivity index (χ2n) is 4.90. The van der Waals surface area contributed by atoms with Gasteiger partial charge in [0.05, 0.1) is 10.0 Å². The summed E-state index contributed by atoms with van der Waals surface area (Å²) in [6.45, 7) is 0.747. The Labute approximate surface area is 126 Å². The van der Waals surface area contributed by atoms with Gasteiger partial charge in [0, 0.05) is 17.9 Å². The average Bonchev–Trinajstić information content (AvgIpc) is 2.49. The van der Waals surface area contributed by atoms with E-state index < -0.39 is 0 Å². The number of para-hydroxylation sites is 1. The lowest BCUT2D eigenvalue weighted by molar-refractivity contribution is 0.0984. The Kier molecular flexibility index (Phi) is 3.49. The molecule has 1 aliphatic rings. The summed E-state index contributed by atoms with van der Waals surface area (Å²) in [5.74, 6) is -0.00340. The number of amides is 1. The molecule has 102 valence electrons. The second-order valence-corrected chi connectivity index (χ2v) is 5.69. The van der Waals surface area contributed by atoms with E-state index in [2.05, 4.69) is 22.0 Å². The van der Waals surface area contributed by atoms with Gasteiger partial charge in [-0.1, -0.05) is 24.3 Å². The van der Waals surface area contributed by atoms with Crippen molar-refractivity contribution in [2.75, 3.05) is 17.2 Å². The molecule has 4 heteroatoms. The maximum atomic E-state index is 12.8. The van der Waals surface area contributed by atoms with Crippen LogP contribution in [0.3, 0.4) is 0 Å². The Morgan fingerprint density at radius 1 is 1.15 bits per heavy atom. The number of rotatable bonds is 1. The van der Waals surface area contributed by atoms with Crippen molar-refractivity contribution in [3.05, 3.63) is 58.1 Å². The predicted molar refractivity (Wildman–Crippen MR) is 85.0 cm³/mol. The second kappa shape index (κ2) is 5.29. The topological polar surface area (TPSA) is 46.3 Å². The number of nitrogens with two attached hydrogens (primary N) is 1. The molecule has 0 aromatic heterocycles. The molecule has 2 N–H and O–H groups in total. The molecule has 3 rings (SSSR count). The minimum atomic E-state index is -0.00340. The van der Waals surface area contributed by atoms with Gasteiger partial charge in [-0.25, -0.2) is 0 Å². The van der Waals surface area contributed by atoms with Crippen molar-refractivity contribution in [1.82, 2.24) is 0 Å². The van der Waals surface area contributed by atoms with E-state index in [9.17, 15) is 4.79 Å². The molecular weight excluding hydrogens is 316 g/mol. The first-order valence-electron chi connectivity index (χ1n) is 6.62. The van der Waals surface area contributed by atoms with Crippen molar-refractivity contribution in [1.29, 1.82) is 0 Å². The first-order valence-corrected chi connectivity index (χ1v) is 7.41. The van der Waals surface area contributed by atoms with Crippen molar-refractivity contribution in [2.45, 2.75) is 12.8 Å². The van der Waals surface area contributed by atoms with E-state index in [0.717, 1.165) is 25.1 Å². The number of carbonyl (C=O) groups is 1. The number of nitrogen functional groups attached to an aromatic ring is 1. The lowest BCUT2D eigenvalue weighted by Gasteiger charge is -2.29. The van der Waals surface area contributed by atoms with Crippen molar-refractivity contribution in [3.63, 3.8) is 0 Å². The van der Waals surface area contributed by atoms with E-state index in [1.165, 1.54) is 5.56 Å². The highest BCUT2D eigenvalue weighted by Gasteiger charge is 2.24. The van der Waals surface area contributed by atoms with Crippen LogP contribution in [0, 0.1) is 0 Å². The van der Waals surface area contributed by atoms with Crippen LogP contribution in [-0.4, -0.2) is 12.5 Å². The number of hydrogen-bond donors (Lipinski definition) is 1. The molecule has 2 aromatic carbocycles. The maximum Gasteiger partial charge on any atom is 0.259 e. The summed E-state index contributed by atoms with van der Waals surface area (Å²) in [4.78, 5) is 14.6. The summed E-state index contributed by atoms with van der Waals surface area (Å²) >= 11 is 3.41. The third-order valence-corrected chi connectivity index (χ3v) is 4.50. The quantitative estimate of drug-likeness (QED) is 0.811. The minimum Gasteiger partial charge on any atom is -0.398 e. The number of halogens is 1. The van der Waals surface area contributed by atoms with Crippen LogP contribution in [0.15, 0.2) is 46.9 Å². The monoisotopic (exact) mass is 330 g/mol. The summed E-state index contributed by atoms with van der Waals surface area (Å²) in [5, 5.41) is 0.